The van der Waals surface area contributed by atoms with Crippen molar-refractivity contribution in [3.05, 3.63) is 28.8 Å². The first-order valence-electron chi connectivity index (χ1n) is 9.10. The molecule has 4 rings (SSSR count). The molecule has 2 fully saturated rings. The molecule has 0 radical (unpaired) electrons. The summed E-state index contributed by atoms with van der Waals surface area (Å²) >= 11 is 6.25. The van der Waals surface area contributed by atoms with E-state index in [-0.39, 0.29) is 0 Å². The van der Waals surface area contributed by atoms with E-state index in [1.165, 1.54) is 0 Å². The number of carbonyl (C=O) groups is 1. The molecule has 0 aromatic heterocycles. The number of nitrogens with zero attached hydrogens (tertiary/aromatic N) is 1. The molecule has 0 bridgehead atoms. The minimum atomic E-state index is -1.07. The van der Waals surface area contributed by atoms with Crippen LogP contribution in [-0.2, 0) is 14.9 Å². The Bertz CT molecular complexity index is 783. The molecular weight excluding hydrogens is 356 g/mol. The number of hydrogen-bond acceptors (Lipinski definition) is 5. The molecule has 26 heavy (non-hydrogen) atoms. The SMILES string of the molecule is CCC1OC(C23CCCC(C(N)=O)C2=Nc2ccc(Cl)cc23)C(O)C1O. The Morgan fingerprint density at radius 2 is 2.19 bits per heavy atom. The van der Waals surface area contributed by atoms with Gasteiger partial charge in [-0.25, -0.2) is 0 Å². The third-order valence-corrected chi connectivity index (χ3v) is 6.36. The van der Waals surface area contributed by atoms with Crippen molar-refractivity contribution in [1.82, 2.24) is 0 Å². The quantitative estimate of drug-likeness (QED) is 0.746. The maximum atomic E-state index is 12.1. The van der Waals surface area contributed by atoms with E-state index in [4.69, 9.17) is 27.1 Å². The number of rotatable bonds is 3. The van der Waals surface area contributed by atoms with Crippen LogP contribution in [0, 0.1) is 5.92 Å². The van der Waals surface area contributed by atoms with Crippen LogP contribution in [0.25, 0.3) is 0 Å². The average Bonchev–Trinajstić information content (AvgIpc) is 3.10. The highest BCUT2D eigenvalue weighted by atomic mass is 35.5. The molecular formula is C19H23ClN2O4. The van der Waals surface area contributed by atoms with Crippen LogP contribution in [0.2, 0.25) is 5.02 Å². The fourth-order valence-electron chi connectivity index (χ4n) is 4.92. The fourth-order valence-corrected chi connectivity index (χ4v) is 5.09. The summed E-state index contributed by atoms with van der Waals surface area (Å²) in [5.74, 6) is -0.935. The van der Waals surface area contributed by atoms with Crippen LogP contribution in [0.3, 0.4) is 0 Å². The molecule has 6 unspecified atom stereocenters. The highest BCUT2D eigenvalue weighted by Crippen LogP contribution is 2.54. The molecule has 1 aliphatic carbocycles. The number of primary amides is 1. The highest BCUT2D eigenvalue weighted by molar-refractivity contribution is 6.31. The van der Waals surface area contributed by atoms with Crippen molar-refractivity contribution in [3.8, 4) is 0 Å². The number of aliphatic hydroxyl groups is 2. The van der Waals surface area contributed by atoms with Crippen molar-refractivity contribution in [2.45, 2.75) is 62.4 Å². The van der Waals surface area contributed by atoms with E-state index in [1.54, 1.807) is 6.07 Å². The number of hydrogen-bond donors (Lipinski definition) is 3. The topological polar surface area (TPSA) is 105 Å². The van der Waals surface area contributed by atoms with E-state index in [0.29, 0.717) is 30.0 Å². The molecule has 7 heteroatoms. The van der Waals surface area contributed by atoms with Gasteiger partial charge in [0.25, 0.3) is 0 Å². The van der Waals surface area contributed by atoms with E-state index in [9.17, 15) is 15.0 Å². The van der Waals surface area contributed by atoms with E-state index in [1.807, 2.05) is 19.1 Å². The van der Waals surface area contributed by atoms with E-state index in [2.05, 4.69) is 0 Å². The van der Waals surface area contributed by atoms with Crippen LogP contribution in [0.1, 0.15) is 38.2 Å². The van der Waals surface area contributed by atoms with Gasteiger partial charge in [0.2, 0.25) is 5.91 Å². The maximum Gasteiger partial charge on any atom is 0.226 e. The number of ether oxygens (including phenoxy) is 1. The van der Waals surface area contributed by atoms with E-state index < -0.39 is 41.7 Å². The van der Waals surface area contributed by atoms with Gasteiger partial charge in [-0.3, -0.25) is 9.79 Å². The van der Waals surface area contributed by atoms with Gasteiger partial charge in [-0.2, -0.15) is 0 Å². The molecule has 6 nitrogen and oxygen atoms in total. The predicted molar refractivity (Wildman–Crippen MR) is 97.7 cm³/mol. The van der Waals surface area contributed by atoms with Crippen LogP contribution in [0.4, 0.5) is 5.69 Å². The molecule has 3 aliphatic rings. The molecule has 4 N–H and O–H groups in total. The summed E-state index contributed by atoms with van der Waals surface area (Å²) in [5, 5.41) is 21.8. The molecule has 2 heterocycles. The number of amides is 1. The van der Waals surface area contributed by atoms with Gasteiger partial charge < -0.3 is 20.7 Å². The lowest BCUT2D eigenvalue weighted by molar-refractivity contribution is -0.120. The summed E-state index contributed by atoms with van der Waals surface area (Å²) in [6.45, 7) is 1.90. The first kappa shape index (κ1) is 17.9. The van der Waals surface area contributed by atoms with Gasteiger partial charge in [-0.05, 0) is 43.0 Å². The number of aliphatic imine (C=N–C) groups is 1. The lowest BCUT2D eigenvalue weighted by Crippen LogP contribution is -2.56. The minimum Gasteiger partial charge on any atom is -0.388 e. The Morgan fingerprint density at radius 1 is 1.42 bits per heavy atom. The number of fused-ring (bicyclic) bond motifs is 3. The highest BCUT2D eigenvalue weighted by Gasteiger charge is 2.61. The van der Waals surface area contributed by atoms with Crippen LogP contribution in [0.15, 0.2) is 23.2 Å². The monoisotopic (exact) mass is 378 g/mol. The van der Waals surface area contributed by atoms with Gasteiger partial charge in [0.15, 0.2) is 0 Å². The van der Waals surface area contributed by atoms with Gasteiger partial charge in [-0.1, -0.05) is 24.9 Å². The smallest absolute Gasteiger partial charge is 0.226 e. The second kappa shape index (κ2) is 6.30. The molecule has 0 spiro atoms. The molecule has 1 aromatic carbocycles. The summed E-state index contributed by atoms with van der Waals surface area (Å²) in [6.07, 6.45) is -0.573. The Kier molecular flexibility index (Phi) is 4.34. The van der Waals surface area contributed by atoms with Crippen molar-refractivity contribution < 1.29 is 19.7 Å². The van der Waals surface area contributed by atoms with Crippen molar-refractivity contribution in [2.75, 3.05) is 0 Å². The second-order valence-electron chi connectivity index (χ2n) is 7.46. The predicted octanol–water partition coefficient (Wildman–Crippen LogP) is 1.85. The standard InChI is InChI=1S/C19H23ClN2O4/c1-2-13-14(23)15(24)17(26-13)19-7-3-4-10(18(21)25)16(19)22-12-6-5-9(20)8-11(12)19/h5-6,8,10,13-15,17,23-24H,2-4,7H2,1H3,(H2,21,25). The van der Waals surface area contributed by atoms with Crippen molar-refractivity contribution in [1.29, 1.82) is 0 Å². The molecule has 1 saturated heterocycles. The van der Waals surface area contributed by atoms with Crippen molar-refractivity contribution in [3.63, 3.8) is 0 Å². The van der Waals surface area contributed by atoms with Gasteiger partial charge in [0.1, 0.15) is 18.3 Å². The average molecular weight is 379 g/mol. The summed E-state index contributed by atoms with van der Waals surface area (Å²) in [6, 6.07) is 5.40. The normalized spacial score (nSPS) is 38.6. The minimum absolute atomic E-state index is 0.424. The van der Waals surface area contributed by atoms with Crippen LogP contribution < -0.4 is 5.73 Å². The Labute approximate surface area is 157 Å². The summed E-state index contributed by atoms with van der Waals surface area (Å²) in [5.41, 5.74) is 7.08. The van der Waals surface area contributed by atoms with Gasteiger partial charge in [-0.15, -0.1) is 0 Å². The zero-order chi connectivity index (χ0) is 18.6. The van der Waals surface area contributed by atoms with Crippen LogP contribution >= 0.6 is 11.6 Å². The van der Waals surface area contributed by atoms with Gasteiger partial charge >= 0.3 is 0 Å². The van der Waals surface area contributed by atoms with Gasteiger partial charge in [0.05, 0.1) is 23.1 Å². The van der Waals surface area contributed by atoms with Crippen molar-refractivity contribution in [2.24, 2.45) is 16.6 Å². The zero-order valence-corrected chi connectivity index (χ0v) is 15.3. The first-order valence-corrected chi connectivity index (χ1v) is 9.48. The van der Waals surface area contributed by atoms with Crippen LogP contribution in [-0.4, -0.2) is 46.2 Å². The molecule has 140 valence electrons. The van der Waals surface area contributed by atoms with E-state index in [0.717, 1.165) is 17.7 Å². The molecule has 1 saturated carbocycles. The molecule has 1 amide bonds. The third kappa shape index (κ3) is 2.36. The number of nitrogens with two attached hydrogens (primary N) is 1. The largest absolute Gasteiger partial charge is 0.388 e. The van der Waals surface area contributed by atoms with Crippen molar-refractivity contribution >= 4 is 28.9 Å². The first-order chi connectivity index (χ1) is 12.4. The number of halogens is 1. The summed E-state index contributed by atoms with van der Waals surface area (Å²) in [4.78, 5) is 16.8. The van der Waals surface area contributed by atoms with Crippen LogP contribution in [0.5, 0.6) is 0 Å². The second-order valence-corrected chi connectivity index (χ2v) is 7.90. The van der Waals surface area contributed by atoms with Gasteiger partial charge in [0, 0.05) is 10.7 Å². The number of aliphatic hydroxyl groups excluding tert-OH is 2. The lowest BCUT2D eigenvalue weighted by Gasteiger charge is -2.43. The lowest BCUT2D eigenvalue weighted by atomic mass is 9.61. The maximum absolute atomic E-state index is 12.1. The Morgan fingerprint density at radius 3 is 2.85 bits per heavy atom. The number of benzene rings is 1. The molecule has 2 aliphatic heterocycles. The zero-order valence-electron chi connectivity index (χ0n) is 14.6. The molecule has 1 aromatic rings. The molecule has 6 atom stereocenters. The summed E-state index contributed by atoms with van der Waals surface area (Å²) < 4.78 is 6.13. The summed E-state index contributed by atoms with van der Waals surface area (Å²) in [7, 11) is 0. The fraction of sp³-hybridized carbons (Fsp3) is 0.579. The third-order valence-electron chi connectivity index (χ3n) is 6.13. The van der Waals surface area contributed by atoms with E-state index >= 15 is 0 Å². The Hall–Kier alpha value is -1.47. The Balaban J connectivity index is 1.89. The number of carbonyl (C=O) groups excluding carboxylic acids is 1.